The van der Waals surface area contributed by atoms with Crippen molar-refractivity contribution in [1.29, 1.82) is 0 Å². The first-order valence-electron chi connectivity index (χ1n) is 15.9. The number of thiophene rings is 1. The van der Waals surface area contributed by atoms with Crippen molar-refractivity contribution in [3.05, 3.63) is 70.7 Å². The number of alkyl halides is 3. The van der Waals surface area contributed by atoms with Gasteiger partial charge in [0.25, 0.3) is 18.2 Å². The van der Waals surface area contributed by atoms with Crippen LogP contribution in [-0.4, -0.2) is 64.3 Å². The zero-order valence-corrected chi connectivity index (χ0v) is 31.3. The summed E-state index contributed by atoms with van der Waals surface area (Å²) in [4.78, 5) is 15.7. The summed E-state index contributed by atoms with van der Waals surface area (Å²) in [7, 11) is -8.05. The highest BCUT2D eigenvalue weighted by molar-refractivity contribution is 7.92. The number of ether oxygens (including phenoxy) is 1. The van der Waals surface area contributed by atoms with Gasteiger partial charge in [0.15, 0.2) is 5.78 Å². The van der Waals surface area contributed by atoms with E-state index in [0.29, 0.717) is 34.6 Å². The molecule has 0 unspecified atom stereocenters. The van der Waals surface area contributed by atoms with E-state index in [1.807, 2.05) is 0 Å². The number of carbonyl (C=O) groups excluding carboxylic acids is 1. The fourth-order valence-electron chi connectivity index (χ4n) is 5.37. The standard InChI is InChI=1S/C35H39ClF3NO6S2Si/c1-34(2,3)49(4,5)46-28-14-11-23(19-26(28)36)33-31(30-27(41)20-25(21-29(30)47-33)48(43,44)35(37,38)39)32(42)22-9-12-24(13-10-22)45-18-17-40-15-7-6-8-16-40/h9-14,19-21,41H,6-8,15-18H2,1-5H3. The number of phenols is 1. The lowest BCUT2D eigenvalue weighted by Crippen LogP contribution is -2.43. The van der Waals surface area contributed by atoms with Crippen LogP contribution >= 0.6 is 22.9 Å². The number of halogens is 4. The first kappa shape index (κ1) is 37.2. The van der Waals surface area contributed by atoms with Gasteiger partial charge in [0.1, 0.15) is 23.9 Å². The molecular formula is C35H39ClF3NO6S2Si. The molecule has 4 aromatic rings. The van der Waals surface area contributed by atoms with Crippen molar-refractivity contribution in [2.75, 3.05) is 26.2 Å². The van der Waals surface area contributed by atoms with E-state index < -0.39 is 40.1 Å². The van der Waals surface area contributed by atoms with Gasteiger partial charge in [-0.2, -0.15) is 13.2 Å². The number of aromatic hydroxyl groups is 1. The Labute approximate surface area is 294 Å². The molecule has 1 fully saturated rings. The topological polar surface area (TPSA) is 93.1 Å². The number of sulfone groups is 1. The van der Waals surface area contributed by atoms with Crippen molar-refractivity contribution in [3.8, 4) is 27.7 Å². The van der Waals surface area contributed by atoms with Crippen molar-refractivity contribution in [2.24, 2.45) is 0 Å². The number of piperidine rings is 1. The molecule has 0 spiro atoms. The first-order chi connectivity index (χ1) is 22.8. The molecule has 2 heterocycles. The van der Waals surface area contributed by atoms with Gasteiger partial charge >= 0.3 is 5.51 Å². The molecule has 0 radical (unpaired) electrons. The molecule has 3 aromatic carbocycles. The largest absolute Gasteiger partial charge is 0.543 e. The Hall–Kier alpha value is -3.10. The van der Waals surface area contributed by atoms with Crippen LogP contribution < -0.4 is 9.16 Å². The highest BCUT2D eigenvalue weighted by Crippen LogP contribution is 2.47. The third kappa shape index (κ3) is 7.80. The number of nitrogens with zero attached hydrogens (tertiary/aromatic N) is 1. The summed E-state index contributed by atoms with van der Waals surface area (Å²) in [6, 6.07) is 12.8. The van der Waals surface area contributed by atoms with Gasteiger partial charge < -0.3 is 14.3 Å². The third-order valence-electron chi connectivity index (χ3n) is 9.19. The number of phenolic OH excluding ortho intramolecular Hbond substituents is 1. The lowest BCUT2D eigenvalue weighted by atomic mass is 9.97. The Morgan fingerprint density at radius 3 is 2.24 bits per heavy atom. The van der Waals surface area contributed by atoms with E-state index in [4.69, 9.17) is 20.8 Å². The van der Waals surface area contributed by atoms with E-state index >= 15 is 0 Å². The number of ketones is 1. The highest BCUT2D eigenvalue weighted by Gasteiger charge is 2.47. The predicted octanol–water partition coefficient (Wildman–Crippen LogP) is 9.70. The molecular weight excluding hydrogens is 715 g/mol. The molecule has 1 aliphatic heterocycles. The lowest BCUT2D eigenvalue weighted by Gasteiger charge is -2.36. The summed E-state index contributed by atoms with van der Waals surface area (Å²) in [6.45, 7) is 13.8. The van der Waals surface area contributed by atoms with E-state index in [0.717, 1.165) is 37.0 Å². The Kier molecular flexibility index (Phi) is 10.5. The molecule has 1 aliphatic rings. The highest BCUT2D eigenvalue weighted by atomic mass is 35.5. The summed E-state index contributed by atoms with van der Waals surface area (Å²) in [5.41, 5.74) is -4.91. The SMILES string of the molecule is CC(C)(C)[Si](C)(C)Oc1ccc(-c2sc3cc(S(=O)(=O)C(F)(F)F)cc(O)c3c2C(=O)c2ccc(OCCN3CCCCC3)cc2)cc1Cl. The molecule has 1 aromatic heterocycles. The maximum absolute atomic E-state index is 14.2. The van der Waals surface area contributed by atoms with E-state index in [9.17, 15) is 31.5 Å². The average molecular weight is 754 g/mol. The summed E-state index contributed by atoms with van der Waals surface area (Å²) >= 11 is 7.59. The van der Waals surface area contributed by atoms with Crippen molar-refractivity contribution < 1.29 is 40.7 Å². The summed E-state index contributed by atoms with van der Waals surface area (Å²) in [6.07, 6.45) is 3.59. The number of fused-ring (bicyclic) bond motifs is 1. The second kappa shape index (κ2) is 13.9. The van der Waals surface area contributed by atoms with Crippen LogP contribution in [0.25, 0.3) is 20.5 Å². The van der Waals surface area contributed by atoms with Gasteiger partial charge in [-0.3, -0.25) is 9.69 Å². The fourth-order valence-corrected chi connectivity index (χ4v) is 8.82. The van der Waals surface area contributed by atoms with Crippen LogP contribution in [0.3, 0.4) is 0 Å². The molecule has 14 heteroatoms. The number of hydrogen-bond acceptors (Lipinski definition) is 8. The van der Waals surface area contributed by atoms with Crippen LogP contribution in [0.4, 0.5) is 13.2 Å². The number of likely N-dealkylation sites (tertiary alicyclic amines) is 1. The first-order valence-corrected chi connectivity index (χ1v) is 21.5. The predicted molar refractivity (Wildman–Crippen MR) is 191 cm³/mol. The van der Waals surface area contributed by atoms with Crippen molar-refractivity contribution in [1.82, 2.24) is 4.90 Å². The molecule has 0 aliphatic carbocycles. The fraction of sp³-hybridized carbons (Fsp3) is 0.400. The van der Waals surface area contributed by atoms with Crippen LogP contribution in [0, 0.1) is 0 Å². The molecule has 0 amide bonds. The number of hydrogen-bond donors (Lipinski definition) is 1. The van der Waals surface area contributed by atoms with E-state index in [-0.39, 0.29) is 31.3 Å². The monoisotopic (exact) mass is 753 g/mol. The number of carbonyl (C=O) groups is 1. The molecule has 264 valence electrons. The number of rotatable bonds is 10. The molecule has 0 atom stereocenters. The van der Waals surface area contributed by atoms with Crippen LogP contribution in [0.1, 0.15) is 56.0 Å². The van der Waals surface area contributed by atoms with Crippen LogP contribution in [0.15, 0.2) is 59.5 Å². The maximum Gasteiger partial charge on any atom is 0.501 e. The molecule has 0 bridgehead atoms. The zero-order valence-electron chi connectivity index (χ0n) is 27.9. The quantitative estimate of drug-likeness (QED) is 0.127. The second-order valence-corrected chi connectivity index (χ2v) is 21.8. The van der Waals surface area contributed by atoms with E-state index in [2.05, 4.69) is 38.8 Å². The van der Waals surface area contributed by atoms with Crippen LogP contribution in [-0.2, 0) is 9.84 Å². The van der Waals surface area contributed by atoms with E-state index in [1.54, 1.807) is 42.5 Å². The van der Waals surface area contributed by atoms with Gasteiger partial charge in [-0.15, -0.1) is 11.3 Å². The van der Waals surface area contributed by atoms with Gasteiger partial charge in [0.2, 0.25) is 0 Å². The van der Waals surface area contributed by atoms with Gasteiger partial charge in [-0.25, -0.2) is 8.42 Å². The van der Waals surface area contributed by atoms with Crippen molar-refractivity contribution >= 4 is 57.0 Å². The minimum absolute atomic E-state index is 0.00125. The van der Waals surface area contributed by atoms with Gasteiger partial charge in [0.05, 0.1) is 15.5 Å². The van der Waals surface area contributed by atoms with Crippen LogP contribution in [0.5, 0.6) is 17.2 Å². The summed E-state index contributed by atoms with van der Waals surface area (Å²) in [5.74, 6) is -0.283. The maximum atomic E-state index is 14.2. The third-order valence-corrected chi connectivity index (χ3v) is 16.5. The Balaban J connectivity index is 1.55. The minimum Gasteiger partial charge on any atom is -0.543 e. The van der Waals surface area contributed by atoms with Gasteiger partial charge in [-0.1, -0.05) is 38.8 Å². The normalized spacial score (nSPS) is 15.0. The summed E-state index contributed by atoms with van der Waals surface area (Å²) in [5, 5.41) is 11.1. The zero-order chi connectivity index (χ0) is 35.9. The average Bonchev–Trinajstić information content (AvgIpc) is 3.42. The molecule has 0 saturated carbocycles. The van der Waals surface area contributed by atoms with Gasteiger partial charge in [0, 0.05) is 27.1 Å². The van der Waals surface area contributed by atoms with Crippen molar-refractivity contribution in [3.63, 3.8) is 0 Å². The summed E-state index contributed by atoms with van der Waals surface area (Å²) < 4.78 is 77.3. The number of benzene rings is 3. The van der Waals surface area contributed by atoms with Gasteiger partial charge in [-0.05, 0) is 104 Å². The molecule has 1 N–H and O–H groups in total. The molecule has 49 heavy (non-hydrogen) atoms. The van der Waals surface area contributed by atoms with Crippen LogP contribution in [0.2, 0.25) is 23.2 Å². The molecule has 1 saturated heterocycles. The Morgan fingerprint density at radius 1 is 1.00 bits per heavy atom. The minimum atomic E-state index is -5.78. The molecule has 5 rings (SSSR count). The second-order valence-electron chi connectivity index (χ2n) is 13.7. The Bertz CT molecular complexity index is 1970. The van der Waals surface area contributed by atoms with E-state index in [1.165, 1.54) is 19.3 Å². The molecule has 7 nitrogen and oxygen atoms in total. The smallest absolute Gasteiger partial charge is 0.501 e. The lowest BCUT2D eigenvalue weighted by molar-refractivity contribution is -0.0436. The van der Waals surface area contributed by atoms with Crippen molar-refractivity contribution in [2.45, 2.75) is 68.6 Å². The Morgan fingerprint density at radius 2 is 1.65 bits per heavy atom.